The molecule has 0 bridgehead atoms. The largest absolute Gasteiger partial charge is 0.573 e. The van der Waals surface area contributed by atoms with Crippen LogP contribution >= 0.6 is 0 Å². The zero-order valence-corrected chi connectivity index (χ0v) is 18.6. The fraction of sp³-hybridized carbons (Fsp3) is 0.304. The minimum absolute atomic E-state index is 0.0202. The number of hydrogen-bond donors (Lipinski definition) is 3. The van der Waals surface area contributed by atoms with Crippen LogP contribution in [0, 0.1) is 5.92 Å². The molecule has 2 aromatic carbocycles. The minimum Gasteiger partial charge on any atom is -0.406 e. The van der Waals surface area contributed by atoms with Crippen molar-refractivity contribution in [3.05, 3.63) is 60.2 Å². The van der Waals surface area contributed by atoms with Crippen LogP contribution in [0.15, 0.2) is 54.6 Å². The number of ether oxygens (including phenoxy) is 1. The van der Waals surface area contributed by atoms with Crippen molar-refractivity contribution in [2.75, 3.05) is 17.2 Å². The van der Waals surface area contributed by atoms with Crippen LogP contribution in [0.4, 0.5) is 43.8 Å². The number of halogens is 6. The lowest BCUT2D eigenvalue weighted by molar-refractivity contribution is -0.274. The van der Waals surface area contributed by atoms with Crippen LogP contribution in [-0.4, -0.2) is 34.1 Å². The predicted octanol–water partition coefficient (Wildman–Crippen LogP) is 6.23. The Morgan fingerprint density at radius 1 is 0.943 bits per heavy atom. The molecule has 3 aromatic rings. The summed E-state index contributed by atoms with van der Waals surface area (Å²) in [5.74, 6) is -0.396. The number of alkyl halides is 6. The standard InChI is InChI=1S/C23H22F6N4O2/c1-13(2)19(12-34)32-21-31-18(14-5-3-8-17(9-14)35-23(27,28)29)11-20(33-21)30-16-7-4-6-15(10-16)22(24,25)26/h3-11,13,19,34H,12H2,1-2H3,(H2,30,31,32,33)/t19-/m0/s1. The molecule has 0 spiro atoms. The van der Waals surface area contributed by atoms with Crippen molar-refractivity contribution in [2.24, 2.45) is 5.92 Å². The van der Waals surface area contributed by atoms with Gasteiger partial charge in [0.2, 0.25) is 5.95 Å². The maximum atomic E-state index is 13.1. The van der Waals surface area contributed by atoms with Gasteiger partial charge in [-0.1, -0.05) is 32.0 Å². The van der Waals surface area contributed by atoms with Gasteiger partial charge >= 0.3 is 12.5 Å². The third kappa shape index (κ3) is 7.47. The van der Waals surface area contributed by atoms with Gasteiger partial charge in [0.1, 0.15) is 11.6 Å². The summed E-state index contributed by atoms with van der Waals surface area (Å²) in [7, 11) is 0. The number of aliphatic hydroxyl groups excluding tert-OH is 1. The van der Waals surface area contributed by atoms with E-state index in [1.807, 2.05) is 13.8 Å². The van der Waals surface area contributed by atoms with Crippen LogP contribution < -0.4 is 15.4 Å². The van der Waals surface area contributed by atoms with Gasteiger partial charge < -0.3 is 20.5 Å². The van der Waals surface area contributed by atoms with Crippen LogP contribution in [0.1, 0.15) is 19.4 Å². The van der Waals surface area contributed by atoms with Crippen LogP contribution in [0.3, 0.4) is 0 Å². The van der Waals surface area contributed by atoms with Crippen molar-refractivity contribution in [1.82, 2.24) is 9.97 Å². The summed E-state index contributed by atoms with van der Waals surface area (Å²) >= 11 is 0. The van der Waals surface area contributed by atoms with Gasteiger partial charge in [-0.15, -0.1) is 13.2 Å². The fourth-order valence-electron chi connectivity index (χ4n) is 3.09. The molecular weight excluding hydrogens is 478 g/mol. The summed E-state index contributed by atoms with van der Waals surface area (Å²) < 4.78 is 81.2. The van der Waals surface area contributed by atoms with E-state index in [0.717, 1.165) is 24.3 Å². The average Bonchev–Trinajstić information content (AvgIpc) is 2.76. The zero-order valence-electron chi connectivity index (χ0n) is 18.6. The molecule has 0 amide bonds. The average molecular weight is 500 g/mol. The number of nitrogens with one attached hydrogen (secondary N) is 2. The van der Waals surface area contributed by atoms with Crippen LogP contribution in [0.25, 0.3) is 11.3 Å². The number of aliphatic hydroxyl groups is 1. The Morgan fingerprint density at radius 3 is 2.29 bits per heavy atom. The molecule has 12 heteroatoms. The molecular formula is C23H22F6N4O2. The highest BCUT2D eigenvalue weighted by Crippen LogP contribution is 2.33. The molecule has 0 fully saturated rings. The van der Waals surface area contributed by atoms with E-state index in [1.54, 1.807) is 0 Å². The van der Waals surface area contributed by atoms with Gasteiger partial charge in [0.25, 0.3) is 0 Å². The maximum Gasteiger partial charge on any atom is 0.573 e. The highest BCUT2D eigenvalue weighted by Gasteiger charge is 2.31. The molecule has 0 aliphatic rings. The number of rotatable bonds is 8. The molecule has 35 heavy (non-hydrogen) atoms. The zero-order chi connectivity index (χ0) is 25.8. The normalized spacial score (nSPS) is 13.0. The number of benzene rings is 2. The first kappa shape index (κ1) is 26.1. The molecule has 0 aliphatic heterocycles. The predicted molar refractivity (Wildman–Crippen MR) is 118 cm³/mol. The monoisotopic (exact) mass is 500 g/mol. The second-order valence-corrected chi connectivity index (χ2v) is 7.92. The molecule has 0 unspecified atom stereocenters. The Balaban J connectivity index is 2.02. The highest BCUT2D eigenvalue weighted by atomic mass is 19.4. The van der Waals surface area contributed by atoms with Crippen LogP contribution in [-0.2, 0) is 6.18 Å². The molecule has 6 nitrogen and oxygen atoms in total. The molecule has 0 saturated heterocycles. The Kier molecular flexibility index (Phi) is 7.73. The van der Waals surface area contributed by atoms with Gasteiger partial charge in [-0.25, -0.2) is 4.98 Å². The van der Waals surface area contributed by atoms with Crippen molar-refractivity contribution in [1.29, 1.82) is 0 Å². The van der Waals surface area contributed by atoms with E-state index in [4.69, 9.17) is 0 Å². The SMILES string of the molecule is CC(C)[C@H](CO)Nc1nc(Nc2cccc(C(F)(F)F)c2)cc(-c2cccc(OC(F)(F)F)c2)n1. The van der Waals surface area contributed by atoms with Crippen LogP contribution in [0.5, 0.6) is 5.75 Å². The molecule has 1 atom stereocenters. The third-order valence-electron chi connectivity index (χ3n) is 4.87. The molecule has 0 radical (unpaired) electrons. The van der Waals surface area contributed by atoms with E-state index in [0.29, 0.717) is 0 Å². The van der Waals surface area contributed by atoms with Crippen molar-refractivity contribution < 1.29 is 36.2 Å². The first-order valence-corrected chi connectivity index (χ1v) is 10.4. The van der Waals surface area contributed by atoms with Crippen molar-refractivity contribution >= 4 is 17.5 Å². The van der Waals surface area contributed by atoms with E-state index in [1.165, 1.54) is 30.3 Å². The minimum atomic E-state index is -4.89. The molecule has 0 saturated carbocycles. The van der Waals surface area contributed by atoms with Gasteiger partial charge in [-0.2, -0.15) is 18.2 Å². The van der Waals surface area contributed by atoms with Gasteiger partial charge in [0, 0.05) is 17.3 Å². The topological polar surface area (TPSA) is 79.3 Å². The van der Waals surface area contributed by atoms with Crippen molar-refractivity contribution in [3.63, 3.8) is 0 Å². The van der Waals surface area contributed by atoms with E-state index in [2.05, 4.69) is 25.3 Å². The number of nitrogens with zero attached hydrogens (tertiary/aromatic N) is 2. The number of aromatic nitrogens is 2. The summed E-state index contributed by atoms with van der Waals surface area (Å²) in [5.41, 5.74) is -0.362. The Morgan fingerprint density at radius 2 is 1.66 bits per heavy atom. The molecule has 0 aliphatic carbocycles. The molecule has 3 rings (SSSR count). The molecule has 3 N–H and O–H groups in total. The lowest BCUT2D eigenvalue weighted by Gasteiger charge is -2.21. The number of anilines is 3. The lowest BCUT2D eigenvalue weighted by atomic mass is 10.1. The summed E-state index contributed by atoms with van der Waals surface area (Å²) in [6.07, 6.45) is -9.44. The van der Waals surface area contributed by atoms with E-state index in [-0.39, 0.29) is 41.2 Å². The van der Waals surface area contributed by atoms with Gasteiger partial charge in [-0.3, -0.25) is 0 Å². The van der Waals surface area contributed by atoms with E-state index >= 15 is 0 Å². The summed E-state index contributed by atoms with van der Waals surface area (Å²) in [6.45, 7) is 3.44. The summed E-state index contributed by atoms with van der Waals surface area (Å²) in [4.78, 5) is 8.58. The summed E-state index contributed by atoms with van der Waals surface area (Å²) in [5, 5.41) is 15.4. The Labute approximate surface area is 197 Å². The van der Waals surface area contributed by atoms with Gasteiger partial charge in [0.15, 0.2) is 0 Å². The fourth-order valence-corrected chi connectivity index (χ4v) is 3.09. The van der Waals surface area contributed by atoms with Crippen molar-refractivity contribution in [3.8, 4) is 17.0 Å². The summed E-state index contributed by atoms with van der Waals surface area (Å²) in [6, 6.07) is 10.5. The van der Waals surface area contributed by atoms with Crippen LogP contribution in [0.2, 0.25) is 0 Å². The smallest absolute Gasteiger partial charge is 0.406 e. The quantitative estimate of drug-likeness (QED) is 0.318. The Bertz CT molecular complexity index is 1150. The molecule has 188 valence electrons. The van der Waals surface area contributed by atoms with Crippen molar-refractivity contribution in [2.45, 2.75) is 32.4 Å². The molecule has 1 heterocycles. The second kappa shape index (κ2) is 10.4. The lowest BCUT2D eigenvalue weighted by Crippen LogP contribution is -2.30. The van der Waals surface area contributed by atoms with E-state index < -0.39 is 29.9 Å². The molecule has 1 aromatic heterocycles. The van der Waals surface area contributed by atoms with Gasteiger partial charge in [0.05, 0.1) is 23.9 Å². The first-order chi connectivity index (χ1) is 16.3. The van der Waals surface area contributed by atoms with E-state index in [9.17, 15) is 31.4 Å². The first-order valence-electron chi connectivity index (χ1n) is 10.4. The maximum absolute atomic E-state index is 13.1. The van der Waals surface area contributed by atoms with Gasteiger partial charge in [-0.05, 0) is 36.2 Å². The highest BCUT2D eigenvalue weighted by molar-refractivity contribution is 5.68. The number of hydrogen-bond acceptors (Lipinski definition) is 6. The second-order valence-electron chi connectivity index (χ2n) is 7.92. The Hall–Kier alpha value is -3.54. The third-order valence-corrected chi connectivity index (χ3v) is 4.87.